The average molecular weight is 292 g/mol. The first-order valence-corrected chi connectivity index (χ1v) is 4.96. The molecule has 0 spiro atoms. The number of ether oxygens (including phenoxy) is 1. The predicted octanol–water partition coefficient (Wildman–Crippen LogP) is -1.70. The van der Waals surface area contributed by atoms with Crippen LogP contribution in [-0.2, 0) is 19.1 Å². The van der Waals surface area contributed by atoms with E-state index in [4.69, 9.17) is 30.6 Å². The van der Waals surface area contributed by atoms with Gasteiger partial charge in [-0.05, 0) is 0 Å². The fraction of sp³-hybridized carbons (Fsp3) is 0.300. The van der Waals surface area contributed by atoms with Crippen molar-refractivity contribution in [2.75, 3.05) is 6.61 Å². The Morgan fingerprint density at radius 3 is 1.90 bits per heavy atom. The van der Waals surface area contributed by atoms with E-state index in [1.54, 1.807) is 0 Å². The van der Waals surface area contributed by atoms with Gasteiger partial charge >= 0.3 is 17.9 Å². The van der Waals surface area contributed by atoms with Gasteiger partial charge in [0.2, 0.25) is 5.76 Å². The Morgan fingerprint density at radius 2 is 1.65 bits per heavy atom. The van der Waals surface area contributed by atoms with Crippen molar-refractivity contribution in [1.82, 2.24) is 0 Å². The maximum Gasteiger partial charge on any atom is 0.377 e. The van der Waals surface area contributed by atoms with Crippen LogP contribution in [0, 0.1) is 0 Å². The number of carbonyl (C=O) groups is 3. The molecule has 0 unspecified atom stereocenters. The van der Waals surface area contributed by atoms with Crippen LogP contribution in [-0.4, -0.2) is 67.4 Å². The van der Waals surface area contributed by atoms with Gasteiger partial charge in [0.1, 0.15) is 6.10 Å². The second kappa shape index (κ2) is 7.76. The summed E-state index contributed by atoms with van der Waals surface area (Å²) in [6.07, 6.45) is -1.66. The molecule has 0 aromatic rings. The van der Waals surface area contributed by atoms with Gasteiger partial charge in [-0.1, -0.05) is 0 Å². The summed E-state index contributed by atoms with van der Waals surface area (Å²) in [5.74, 6) is -5.29. The van der Waals surface area contributed by atoms with E-state index in [0.29, 0.717) is 12.2 Å². The Balaban J connectivity index is 0.000000396. The first-order valence-electron chi connectivity index (χ1n) is 4.96. The fourth-order valence-electron chi connectivity index (χ4n) is 0.965. The molecule has 0 radical (unpaired) electrons. The topological polar surface area (TPSA) is 182 Å². The smallest absolute Gasteiger partial charge is 0.377 e. The summed E-state index contributed by atoms with van der Waals surface area (Å²) in [5.41, 5.74) is 0. The molecule has 0 amide bonds. The highest BCUT2D eigenvalue weighted by Gasteiger charge is 2.38. The number of carboxylic acids is 2. The van der Waals surface area contributed by atoms with E-state index in [2.05, 4.69) is 4.74 Å². The number of hydrogen-bond acceptors (Lipinski definition) is 8. The van der Waals surface area contributed by atoms with Gasteiger partial charge in [-0.2, -0.15) is 0 Å². The molecule has 2 atom stereocenters. The fourth-order valence-corrected chi connectivity index (χ4v) is 0.965. The first-order chi connectivity index (χ1) is 9.20. The minimum absolute atomic E-state index is 0.558. The minimum atomic E-state index is -1.42. The molecule has 1 aliphatic heterocycles. The van der Waals surface area contributed by atoms with Crippen molar-refractivity contribution < 1.29 is 49.8 Å². The summed E-state index contributed by atoms with van der Waals surface area (Å²) in [6.45, 7) is -0.671. The molecule has 0 aromatic heterocycles. The van der Waals surface area contributed by atoms with Crippen molar-refractivity contribution in [1.29, 1.82) is 0 Å². The Hall–Kier alpha value is -2.59. The predicted molar refractivity (Wildman–Crippen MR) is 59.7 cm³/mol. The van der Waals surface area contributed by atoms with E-state index in [9.17, 15) is 14.4 Å². The van der Waals surface area contributed by atoms with Gasteiger partial charge in [-0.3, -0.25) is 0 Å². The standard InChI is InChI=1S/C6H8O6.C4H4O4/c7-1-2(8)5-3(9)4(10)6(11)12-5;5-3(6)1-2-4(7)8/h2,5,7-10H,1H2;1-2H,(H,5,6)(H,7,8)/b;2-1+/t2-,5+;/m0./s1. The summed E-state index contributed by atoms with van der Waals surface area (Å²) < 4.78 is 4.32. The van der Waals surface area contributed by atoms with Crippen LogP contribution in [0.4, 0.5) is 0 Å². The van der Waals surface area contributed by atoms with Gasteiger partial charge in [0.25, 0.3) is 0 Å². The largest absolute Gasteiger partial charge is 0.505 e. The van der Waals surface area contributed by atoms with Crippen molar-refractivity contribution in [3.05, 3.63) is 23.7 Å². The molecule has 0 aliphatic carbocycles. The average Bonchev–Trinajstić information content (AvgIpc) is 2.64. The minimum Gasteiger partial charge on any atom is -0.505 e. The van der Waals surface area contributed by atoms with Gasteiger partial charge < -0.3 is 35.4 Å². The van der Waals surface area contributed by atoms with Crippen molar-refractivity contribution in [3.8, 4) is 0 Å². The molecule has 10 nitrogen and oxygen atoms in total. The Bertz CT molecular complexity index is 433. The van der Waals surface area contributed by atoms with E-state index in [1.807, 2.05) is 0 Å². The second-order valence-corrected chi connectivity index (χ2v) is 3.32. The number of cyclic esters (lactones) is 1. The third-order valence-corrected chi connectivity index (χ3v) is 1.84. The van der Waals surface area contributed by atoms with E-state index in [1.165, 1.54) is 0 Å². The molecule has 1 heterocycles. The van der Waals surface area contributed by atoms with Gasteiger partial charge in [0, 0.05) is 12.2 Å². The number of aliphatic hydroxyl groups is 4. The van der Waals surface area contributed by atoms with Crippen molar-refractivity contribution in [2.45, 2.75) is 12.2 Å². The second-order valence-electron chi connectivity index (χ2n) is 3.32. The van der Waals surface area contributed by atoms with Gasteiger partial charge in [-0.25, -0.2) is 14.4 Å². The summed E-state index contributed by atoms with van der Waals surface area (Å²) >= 11 is 0. The molecule has 20 heavy (non-hydrogen) atoms. The number of hydrogen-bond donors (Lipinski definition) is 6. The summed E-state index contributed by atoms with van der Waals surface area (Å²) in [7, 11) is 0. The highest BCUT2D eigenvalue weighted by molar-refractivity contribution is 5.89. The summed E-state index contributed by atoms with van der Waals surface area (Å²) in [4.78, 5) is 29.6. The Kier molecular flexibility index (Phi) is 6.75. The third kappa shape index (κ3) is 5.37. The Labute approximate surface area is 111 Å². The van der Waals surface area contributed by atoms with Crippen LogP contribution in [0.1, 0.15) is 0 Å². The molecule has 1 aliphatic rings. The molecule has 112 valence electrons. The lowest BCUT2D eigenvalue weighted by atomic mass is 10.2. The van der Waals surface area contributed by atoms with E-state index in [0.717, 1.165) is 0 Å². The van der Waals surface area contributed by atoms with Crippen LogP contribution in [0.25, 0.3) is 0 Å². The van der Waals surface area contributed by atoms with Crippen LogP contribution in [0.15, 0.2) is 23.7 Å². The van der Waals surface area contributed by atoms with E-state index in [-0.39, 0.29) is 0 Å². The molecule has 0 bridgehead atoms. The number of carbonyl (C=O) groups excluding carboxylic acids is 1. The van der Waals surface area contributed by atoms with Crippen LogP contribution in [0.5, 0.6) is 0 Å². The number of esters is 1. The van der Waals surface area contributed by atoms with Gasteiger partial charge in [0.05, 0.1) is 6.61 Å². The molecular formula is C10H12O10. The zero-order valence-corrected chi connectivity index (χ0v) is 9.83. The molecular weight excluding hydrogens is 280 g/mol. The molecule has 0 saturated carbocycles. The van der Waals surface area contributed by atoms with E-state index >= 15 is 0 Å². The van der Waals surface area contributed by atoms with Crippen LogP contribution in [0.3, 0.4) is 0 Å². The molecule has 0 aromatic carbocycles. The molecule has 10 heteroatoms. The van der Waals surface area contributed by atoms with Gasteiger partial charge in [-0.15, -0.1) is 0 Å². The zero-order chi connectivity index (χ0) is 15.9. The zero-order valence-electron chi connectivity index (χ0n) is 9.83. The quantitative estimate of drug-likeness (QED) is 0.258. The normalized spacial score (nSPS) is 19.3. The summed E-state index contributed by atoms with van der Waals surface area (Å²) in [6, 6.07) is 0. The molecule has 0 saturated heterocycles. The highest BCUT2D eigenvalue weighted by atomic mass is 16.6. The Morgan fingerprint density at radius 1 is 1.20 bits per heavy atom. The summed E-state index contributed by atoms with van der Waals surface area (Å²) in [5, 5.41) is 50.7. The monoisotopic (exact) mass is 292 g/mol. The lowest BCUT2D eigenvalue weighted by Crippen LogP contribution is -2.31. The molecule has 6 N–H and O–H groups in total. The van der Waals surface area contributed by atoms with Crippen LogP contribution >= 0.6 is 0 Å². The molecule has 0 fully saturated rings. The SMILES string of the molecule is O=C(O)/C=C/C(=O)O.O=C1O[C@H]([C@@H](O)CO)C(O)=C1O. The van der Waals surface area contributed by atoms with Gasteiger partial charge in [0.15, 0.2) is 11.9 Å². The lowest BCUT2D eigenvalue weighted by molar-refractivity contribution is -0.147. The number of carboxylic acid groups (broad SMARTS) is 2. The van der Waals surface area contributed by atoms with Crippen LogP contribution in [0.2, 0.25) is 0 Å². The molecule has 1 rings (SSSR count). The lowest BCUT2D eigenvalue weighted by Gasteiger charge is -2.13. The third-order valence-electron chi connectivity index (χ3n) is 1.84. The van der Waals surface area contributed by atoms with Crippen molar-refractivity contribution in [3.63, 3.8) is 0 Å². The first kappa shape index (κ1) is 17.4. The maximum atomic E-state index is 10.5. The maximum absolute atomic E-state index is 10.5. The number of rotatable bonds is 4. The van der Waals surface area contributed by atoms with Crippen molar-refractivity contribution >= 4 is 17.9 Å². The van der Waals surface area contributed by atoms with Crippen molar-refractivity contribution in [2.24, 2.45) is 0 Å². The highest BCUT2D eigenvalue weighted by Crippen LogP contribution is 2.20. The number of aliphatic hydroxyl groups excluding tert-OH is 4. The number of aliphatic carboxylic acids is 2. The van der Waals surface area contributed by atoms with E-state index < -0.39 is 48.2 Å². The van der Waals surface area contributed by atoms with Crippen LogP contribution < -0.4 is 0 Å².